The molecular formula is C26H21ClF2N2O4S2. The van der Waals surface area contributed by atoms with E-state index in [2.05, 4.69) is 24.8 Å². The summed E-state index contributed by atoms with van der Waals surface area (Å²) in [7, 11) is 0. The lowest BCUT2D eigenvalue weighted by Gasteiger charge is -2.03. The molecule has 0 fully saturated rings. The highest BCUT2D eigenvalue weighted by Gasteiger charge is 2.11. The average molecular weight is 563 g/mol. The van der Waals surface area contributed by atoms with Gasteiger partial charge in [-0.05, 0) is 23.3 Å². The van der Waals surface area contributed by atoms with Crippen molar-refractivity contribution < 1.29 is 18.6 Å². The van der Waals surface area contributed by atoms with Gasteiger partial charge in [-0.3, -0.25) is 20.2 Å². The Hall–Kier alpha value is -3.47. The summed E-state index contributed by atoms with van der Waals surface area (Å²) in [6.45, 7) is 0. The summed E-state index contributed by atoms with van der Waals surface area (Å²) in [4.78, 5) is 19.7. The van der Waals surface area contributed by atoms with Crippen LogP contribution in [-0.2, 0) is 11.5 Å². The van der Waals surface area contributed by atoms with Crippen molar-refractivity contribution in [1.82, 2.24) is 0 Å². The maximum absolute atomic E-state index is 13.6. The van der Waals surface area contributed by atoms with Crippen LogP contribution in [0.15, 0.2) is 102 Å². The number of nitro groups is 2. The molecule has 0 spiro atoms. The highest BCUT2D eigenvalue weighted by Crippen LogP contribution is 2.28. The van der Waals surface area contributed by atoms with Gasteiger partial charge in [-0.2, -0.15) is 12.6 Å². The monoisotopic (exact) mass is 562 g/mol. The number of rotatable bonds is 6. The van der Waals surface area contributed by atoms with Crippen LogP contribution in [0.1, 0.15) is 11.1 Å². The third kappa shape index (κ3) is 10.6. The average Bonchev–Trinajstić information content (AvgIpc) is 2.91. The first-order chi connectivity index (χ1) is 17.7. The highest BCUT2D eigenvalue weighted by molar-refractivity contribution is 7.98. The van der Waals surface area contributed by atoms with E-state index in [1.807, 2.05) is 48.5 Å². The number of thiol groups is 1. The molecule has 6 nitrogen and oxygen atoms in total. The van der Waals surface area contributed by atoms with Crippen molar-refractivity contribution >= 4 is 47.4 Å². The van der Waals surface area contributed by atoms with Crippen molar-refractivity contribution in [3.8, 4) is 0 Å². The lowest BCUT2D eigenvalue weighted by molar-refractivity contribution is -0.385. The van der Waals surface area contributed by atoms with E-state index in [1.165, 1.54) is 29.5 Å². The Labute approximate surface area is 227 Å². The second-order valence-electron chi connectivity index (χ2n) is 7.15. The van der Waals surface area contributed by atoms with Crippen LogP contribution in [0.4, 0.5) is 20.2 Å². The minimum absolute atomic E-state index is 0.115. The molecule has 0 saturated heterocycles. The Balaban J connectivity index is 0.000000215. The minimum Gasteiger partial charge on any atom is -0.258 e. The fourth-order valence-corrected chi connectivity index (χ4v) is 3.84. The molecule has 0 aliphatic heterocycles. The summed E-state index contributed by atoms with van der Waals surface area (Å²) in [5.41, 5.74) is 1.83. The topological polar surface area (TPSA) is 86.3 Å². The van der Waals surface area contributed by atoms with Gasteiger partial charge in [-0.15, -0.1) is 11.8 Å². The van der Waals surface area contributed by atoms with Gasteiger partial charge in [0.25, 0.3) is 11.4 Å². The Kier molecular flexibility index (Phi) is 12.5. The van der Waals surface area contributed by atoms with Gasteiger partial charge in [-0.1, -0.05) is 72.3 Å². The number of hydrogen-bond donors (Lipinski definition) is 1. The number of nitro benzene ring substituents is 2. The lowest BCUT2D eigenvalue weighted by atomic mass is 10.2. The Morgan fingerprint density at radius 2 is 1.22 bits per heavy atom. The first-order valence-corrected chi connectivity index (χ1v) is 12.6. The predicted octanol–water partition coefficient (Wildman–Crippen LogP) is 8.53. The maximum Gasteiger partial charge on any atom is 0.272 e. The quantitative estimate of drug-likeness (QED) is 0.110. The van der Waals surface area contributed by atoms with E-state index in [4.69, 9.17) is 11.6 Å². The fourth-order valence-electron chi connectivity index (χ4n) is 2.64. The highest BCUT2D eigenvalue weighted by atomic mass is 35.5. The molecule has 4 rings (SSSR count). The van der Waals surface area contributed by atoms with Crippen molar-refractivity contribution in [1.29, 1.82) is 0 Å². The summed E-state index contributed by atoms with van der Waals surface area (Å²) in [6, 6.07) is 26.6. The van der Waals surface area contributed by atoms with E-state index in [9.17, 15) is 29.0 Å². The van der Waals surface area contributed by atoms with Crippen molar-refractivity contribution in [2.75, 3.05) is 0 Å². The van der Waals surface area contributed by atoms with E-state index >= 15 is 0 Å². The van der Waals surface area contributed by atoms with Crippen LogP contribution in [-0.4, -0.2) is 9.85 Å². The van der Waals surface area contributed by atoms with Gasteiger partial charge in [0.15, 0.2) is 0 Å². The second-order valence-corrected chi connectivity index (χ2v) is 8.89. The normalized spacial score (nSPS) is 9.84. The van der Waals surface area contributed by atoms with Gasteiger partial charge in [0.05, 0.1) is 27.0 Å². The third-order valence-corrected chi connectivity index (χ3v) is 6.29. The van der Waals surface area contributed by atoms with Gasteiger partial charge in [0, 0.05) is 28.5 Å². The first-order valence-electron chi connectivity index (χ1n) is 10.6. The van der Waals surface area contributed by atoms with Gasteiger partial charge < -0.3 is 0 Å². The molecular weight excluding hydrogens is 542 g/mol. The van der Waals surface area contributed by atoms with E-state index in [-0.39, 0.29) is 16.4 Å². The molecule has 0 heterocycles. The van der Waals surface area contributed by atoms with Crippen LogP contribution >= 0.6 is 36.0 Å². The van der Waals surface area contributed by atoms with Crippen LogP contribution in [0, 0.1) is 31.9 Å². The molecule has 0 aliphatic carbocycles. The molecule has 0 aliphatic rings. The number of non-ortho nitro benzene ring substituents is 2. The largest absolute Gasteiger partial charge is 0.272 e. The van der Waals surface area contributed by atoms with Gasteiger partial charge >= 0.3 is 0 Å². The molecule has 0 aromatic heterocycles. The van der Waals surface area contributed by atoms with Crippen molar-refractivity contribution in [2.24, 2.45) is 0 Å². The summed E-state index contributed by atoms with van der Waals surface area (Å²) >= 11 is 10.7. The molecule has 0 bridgehead atoms. The number of hydrogen-bond acceptors (Lipinski definition) is 6. The first kappa shape index (κ1) is 29.8. The van der Waals surface area contributed by atoms with E-state index in [0.717, 1.165) is 35.6 Å². The maximum atomic E-state index is 13.6. The molecule has 0 N–H and O–H groups in total. The predicted molar refractivity (Wildman–Crippen MR) is 146 cm³/mol. The van der Waals surface area contributed by atoms with Gasteiger partial charge in [0.2, 0.25) is 0 Å². The van der Waals surface area contributed by atoms with Crippen LogP contribution < -0.4 is 0 Å². The lowest BCUT2D eigenvalue weighted by Crippen LogP contribution is -1.90. The SMILES string of the molecule is O=[N+]([O-])c1ccc(Cl)c(F)c1.O=[N+]([O-])c1ccc(SCc2ccccc2)c(F)c1.SCc1ccccc1. The molecule has 0 saturated carbocycles. The summed E-state index contributed by atoms with van der Waals surface area (Å²) in [5.74, 6) is 0.141. The van der Waals surface area contributed by atoms with Gasteiger partial charge in [-0.25, -0.2) is 8.78 Å². The molecule has 0 unspecified atom stereocenters. The Bertz CT molecular complexity index is 1320. The van der Waals surface area contributed by atoms with E-state index in [1.54, 1.807) is 0 Å². The molecule has 11 heteroatoms. The second kappa shape index (κ2) is 15.6. The smallest absolute Gasteiger partial charge is 0.258 e. The molecule has 192 valence electrons. The number of halogens is 3. The number of benzene rings is 4. The van der Waals surface area contributed by atoms with Crippen LogP contribution in [0.5, 0.6) is 0 Å². The molecule has 37 heavy (non-hydrogen) atoms. The van der Waals surface area contributed by atoms with Crippen molar-refractivity contribution in [2.45, 2.75) is 16.4 Å². The van der Waals surface area contributed by atoms with Crippen molar-refractivity contribution in [3.63, 3.8) is 0 Å². The molecule has 4 aromatic rings. The zero-order chi connectivity index (χ0) is 27.2. The van der Waals surface area contributed by atoms with Crippen molar-refractivity contribution in [3.05, 3.63) is 145 Å². The standard InChI is InChI=1S/C13H10FNO2S.C7H8S.C6H3ClFNO2/c14-12-8-11(15(16)17)6-7-13(12)18-9-10-4-2-1-3-5-10;8-6-7-4-2-1-3-5-7;7-5-2-1-4(9(10)11)3-6(5)8/h1-8H,9H2;1-5,8H,6H2;1-3H. The zero-order valence-electron chi connectivity index (χ0n) is 19.2. The molecule has 0 amide bonds. The van der Waals surface area contributed by atoms with Crippen LogP contribution in [0.3, 0.4) is 0 Å². The fraction of sp³-hybridized carbons (Fsp3) is 0.0769. The molecule has 0 radical (unpaired) electrons. The summed E-state index contributed by atoms with van der Waals surface area (Å²) in [6.07, 6.45) is 0. The third-order valence-electron chi connectivity index (χ3n) is 4.50. The zero-order valence-corrected chi connectivity index (χ0v) is 21.6. The summed E-state index contributed by atoms with van der Waals surface area (Å²) in [5, 5.41) is 20.4. The molecule has 0 atom stereocenters. The van der Waals surface area contributed by atoms with E-state index < -0.39 is 21.5 Å². The Morgan fingerprint density at radius 3 is 1.65 bits per heavy atom. The molecule has 4 aromatic carbocycles. The van der Waals surface area contributed by atoms with Gasteiger partial charge in [0.1, 0.15) is 11.6 Å². The van der Waals surface area contributed by atoms with E-state index in [0.29, 0.717) is 10.6 Å². The van der Waals surface area contributed by atoms with Crippen LogP contribution in [0.2, 0.25) is 5.02 Å². The Morgan fingerprint density at radius 1 is 0.730 bits per heavy atom. The number of nitrogens with zero attached hydrogens (tertiary/aromatic N) is 2. The summed E-state index contributed by atoms with van der Waals surface area (Å²) < 4.78 is 26.1. The minimum atomic E-state index is -0.777. The van der Waals surface area contributed by atoms with Crippen LogP contribution in [0.25, 0.3) is 0 Å². The number of thioether (sulfide) groups is 1.